The number of nitrogens with one attached hydrogen (secondary N) is 1. The maximum Gasteiger partial charge on any atom is 0.330 e. The number of aromatic amines is 1. The van der Waals surface area contributed by atoms with Crippen molar-refractivity contribution in [2.24, 2.45) is 11.8 Å². The molecule has 3 rings (SSSR count). The highest BCUT2D eigenvalue weighted by Crippen LogP contribution is 2.23. The second kappa shape index (κ2) is 9.20. The monoisotopic (exact) mass is 429 g/mol. The highest BCUT2D eigenvalue weighted by molar-refractivity contribution is 5.62. The molecule has 9 heteroatoms. The SMILES string of the molecule is CC(C)CN(Cc1coc(-c2ccc(F)cc2)n1)c1c(N)n(CC(C)C)c(=O)[nH]c1=O. The average Bonchev–Trinajstić information content (AvgIpc) is 3.13. The van der Waals surface area contributed by atoms with Crippen molar-refractivity contribution in [2.45, 2.75) is 40.8 Å². The minimum Gasteiger partial charge on any atom is -0.444 e. The normalized spacial score (nSPS) is 11.5. The largest absolute Gasteiger partial charge is 0.444 e. The molecule has 0 saturated carbocycles. The molecule has 0 radical (unpaired) electrons. The summed E-state index contributed by atoms with van der Waals surface area (Å²) in [6.07, 6.45) is 1.50. The lowest BCUT2D eigenvalue weighted by Crippen LogP contribution is -2.40. The van der Waals surface area contributed by atoms with E-state index < -0.39 is 11.2 Å². The van der Waals surface area contributed by atoms with Gasteiger partial charge in [0.1, 0.15) is 23.6 Å². The molecule has 0 aliphatic rings. The second-order valence-corrected chi connectivity index (χ2v) is 8.42. The molecular weight excluding hydrogens is 401 g/mol. The molecule has 1 aromatic carbocycles. The molecule has 2 aromatic heterocycles. The summed E-state index contributed by atoms with van der Waals surface area (Å²) < 4.78 is 20.1. The number of hydrogen-bond donors (Lipinski definition) is 2. The van der Waals surface area contributed by atoms with E-state index in [1.165, 1.54) is 23.0 Å². The third-order valence-electron chi connectivity index (χ3n) is 4.66. The number of halogens is 1. The van der Waals surface area contributed by atoms with Crippen LogP contribution in [-0.4, -0.2) is 21.1 Å². The molecule has 0 atom stereocenters. The fraction of sp³-hybridized carbons (Fsp3) is 0.409. The van der Waals surface area contributed by atoms with Gasteiger partial charge in [0, 0.05) is 18.7 Å². The summed E-state index contributed by atoms with van der Waals surface area (Å²) in [6.45, 7) is 9.15. The first kappa shape index (κ1) is 22.3. The van der Waals surface area contributed by atoms with Gasteiger partial charge in [0.15, 0.2) is 0 Å². The van der Waals surface area contributed by atoms with Crippen LogP contribution in [0, 0.1) is 17.7 Å². The Balaban J connectivity index is 1.98. The van der Waals surface area contributed by atoms with Gasteiger partial charge in [-0.3, -0.25) is 14.3 Å². The zero-order chi connectivity index (χ0) is 22.7. The summed E-state index contributed by atoms with van der Waals surface area (Å²) in [4.78, 5) is 33.7. The Morgan fingerprint density at radius 1 is 1.16 bits per heavy atom. The molecule has 3 N–H and O–H groups in total. The zero-order valence-corrected chi connectivity index (χ0v) is 18.2. The van der Waals surface area contributed by atoms with Gasteiger partial charge in [0.05, 0.1) is 12.2 Å². The van der Waals surface area contributed by atoms with Crippen molar-refractivity contribution in [3.8, 4) is 11.5 Å². The van der Waals surface area contributed by atoms with Crippen molar-refractivity contribution in [2.75, 3.05) is 17.2 Å². The van der Waals surface area contributed by atoms with Crippen LogP contribution >= 0.6 is 0 Å². The summed E-state index contributed by atoms with van der Waals surface area (Å²) >= 11 is 0. The summed E-state index contributed by atoms with van der Waals surface area (Å²) in [5, 5.41) is 0. The van der Waals surface area contributed by atoms with Gasteiger partial charge in [-0.1, -0.05) is 27.7 Å². The van der Waals surface area contributed by atoms with Crippen LogP contribution in [0.2, 0.25) is 0 Å². The molecule has 31 heavy (non-hydrogen) atoms. The molecule has 8 nitrogen and oxygen atoms in total. The van der Waals surface area contributed by atoms with Crippen molar-refractivity contribution in [1.29, 1.82) is 0 Å². The molecule has 0 saturated heterocycles. The standard InChI is InChI=1S/C22H28FN5O3/c1-13(2)9-27(18-19(24)28(10-14(3)4)22(30)26-20(18)29)11-17-12-31-21(25-17)15-5-7-16(23)8-6-15/h5-8,12-14H,9-11,24H2,1-4H3,(H,26,29,30). The van der Waals surface area contributed by atoms with Gasteiger partial charge in [0.2, 0.25) is 5.89 Å². The minimum atomic E-state index is -0.537. The van der Waals surface area contributed by atoms with Crippen LogP contribution in [0.25, 0.3) is 11.5 Å². The fourth-order valence-corrected chi connectivity index (χ4v) is 3.41. The highest BCUT2D eigenvalue weighted by atomic mass is 19.1. The number of H-pyrrole nitrogens is 1. The number of rotatable bonds is 8. The number of oxazole rings is 1. The van der Waals surface area contributed by atoms with Gasteiger partial charge in [-0.05, 0) is 36.1 Å². The molecule has 2 heterocycles. The fourth-order valence-electron chi connectivity index (χ4n) is 3.41. The first-order valence-electron chi connectivity index (χ1n) is 10.2. The number of nitrogen functional groups attached to an aromatic ring is 1. The molecule has 166 valence electrons. The van der Waals surface area contributed by atoms with E-state index in [4.69, 9.17) is 10.2 Å². The molecule has 3 aromatic rings. The second-order valence-electron chi connectivity index (χ2n) is 8.42. The van der Waals surface area contributed by atoms with E-state index in [1.807, 2.05) is 27.7 Å². The van der Waals surface area contributed by atoms with Gasteiger partial charge in [-0.2, -0.15) is 0 Å². The highest BCUT2D eigenvalue weighted by Gasteiger charge is 2.22. The summed E-state index contributed by atoms with van der Waals surface area (Å²) in [5.74, 6) is 0.528. The summed E-state index contributed by atoms with van der Waals surface area (Å²) in [5.41, 5.74) is 6.70. The molecule has 0 aliphatic heterocycles. The van der Waals surface area contributed by atoms with E-state index >= 15 is 0 Å². The van der Waals surface area contributed by atoms with E-state index in [2.05, 4.69) is 9.97 Å². The van der Waals surface area contributed by atoms with Crippen LogP contribution in [-0.2, 0) is 13.1 Å². The number of benzene rings is 1. The molecule has 0 aliphatic carbocycles. The maximum atomic E-state index is 13.2. The van der Waals surface area contributed by atoms with Crippen LogP contribution in [0.1, 0.15) is 33.4 Å². The van der Waals surface area contributed by atoms with E-state index in [0.717, 1.165) is 0 Å². The number of nitrogens with two attached hydrogens (primary N) is 1. The minimum absolute atomic E-state index is 0.130. The topological polar surface area (TPSA) is 110 Å². The first-order valence-corrected chi connectivity index (χ1v) is 10.2. The number of nitrogens with zero attached hydrogens (tertiary/aromatic N) is 3. The van der Waals surface area contributed by atoms with Crippen LogP contribution in [0.15, 0.2) is 44.5 Å². The third-order valence-corrected chi connectivity index (χ3v) is 4.66. The van der Waals surface area contributed by atoms with E-state index in [0.29, 0.717) is 30.2 Å². The van der Waals surface area contributed by atoms with Crippen molar-refractivity contribution >= 4 is 11.5 Å². The number of aromatic nitrogens is 3. The van der Waals surface area contributed by atoms with Crippen molar-refractivity contribution in [3.63, 3.8) is 0 Å². The molecular formula is C22H28FN5O3. The lowest BCUT2D eigenvalue weighted by atomic mass is 10.2. The lowest BCUT2D eigenvalue weighted by Gasteiger charge is -2.27. The molecule has 0 fully saturated rings. The first-order chi connectivity index (χ1) is 14.7. The maximum absolute atomic E-state index is 13.2. The summed E-state index contributed by atoms with van der Waals surface area (Å²) in [7, 11) is 0. The van der Waals surface area contributed by atoms with E-state index in [9.17, 15) is 14.0 Å². The van der Waals surface area contributed by atoms with Crippen LogP contribution < -0.4 is 21.9 Å². The van der Waals surface area contributed by atoms with Gasteiger partial charge >= 0.3 is 5.69 Å². The Labute approximate surface area is 179 Å². The van der Waals surface area contributed by atoms with Crippen molar-refractivity contribution < 1.29 is 8.81 Å². The quantitative estimate of drug-likeness (QED) is 0.569. The van der Waals surface area contributed by atoms with Crippen LogP contribution in [0.3, 0.4) is 0 Å². The molecule has 0 amide bonds. The van der Waals surface area contributed by atoms with Gasteiger partial charge in [0.25, 0.3) is 5.56 Å². The van der Waals surface area contributed by atoms with Gasteiger partial charge in [-0.25, -0.2) is 14.2 Å². The predicted molar refractivity (Wildman–Crippen MR) is 118 cm³/mol. The number of anilines is 2. The third kappa shape index (κ3) is 5.22. The van der Waals surface area contributed by atoms with E-state index in [1.54, 1.807) is 17.0 Å². The lowest BCUT2D eigenvalue weighted by molar-refractivity contribution is 0.505. The Hall–Kier alpha value is -3.36. The Morgan fingerprint density at radius 2 is 1.84 bits per heavy atom. The summed E-state index contributed by atoms with van der Waals surface area (Å²) in [6, 6.07) is 5.84. The van der Waals surface area contributed by atoms with Crippen LogP contribution in [0.4, 0.5) is 15.9 Å². The average molecular weight is 429 g/mol. The van der Waals surface area contributed by atoms with E-state index in [-0.39, 0.29) is 35.7 Å². The van der Waals surface area contributed by atoms with Crippen molar-refractivity contribution in [3.05, 3.63) is 62.9 Å². The molecule has 0 unspecified atom stereocenters. The zero-order valence-electron chi connectivity index (χ0n) is 18.2. The molecule has 0 spiro atoms. The predicted octanol–water partition coefficient (Wildman–Crippen LogP) is 3.23. The Bertz CT molecular complexity index is 1150. The van der Waals surface area contributed by atoms with Gasteiger partial charge in [-0.15, -0.1) is 0 Å². The number of hydrogen-bond acceptors (Lipinski definition) is 6. The Kier molecular flexibility index (Phi) is 6.62. The Morgan fingerprint density at radius 3 is 2.45 bits per heavy atom. The van der Waals surface area contributed by atoms with Crippen molar-refractivity contribution in [1.82, 2.24) is 14.5 Å². The molecule has 0 bridgehead atoms. The smallest absolute Gasteiger partial charge is 0.330 e. The van der Waals surface area contributed by atoms with Crippen LogP contribution in [0.5, 0.6) is 0 Å². The van der Waals surface area contributed by atoms with Gasteiger partial charge < -0.3 is 15.1 Å².